The van der Waals surface area contributed by atoms with Gasteiger partial charge in [-0.25, -0.2) is 0 Å². The maximum atomic E-state index is 13.1. The van der Waals surface area contributed by atoms with Crippen LogP contribution in [0.3, 0.4) is 0 Å². The first-order valence-corrected chi connectivity index (χ1v) is 10.8. The zero-order valence-electron chi connectivity index (χ0n) is 16.6. The van der Waals surface area contributed by atoms with Gasteiger partial charge in [0.25, 0.3) is 11.8 Å². The van der Waals surface area contributed by atoms with E-state index in [1.807, 2.05) is 11.8 Å². The highest BCUT2D eigenvalue weighted by Gasteiger charge is 2.39. The molecule has 1 aliphatic carbocycles. The molecule has 0 saturated heterocycles. The van der Waals surface area contributed by atoms with Gasteiger partial charge >= 0.3 is 0 Å². The second kappa shape index (κ2) is 6.73. The number of fused-ring (bicyclic) bond motifs is 3. The van der Waals surface area contributed by atoms with Crippen molar-refractivity contribution in [3.05, 3.63) is 39.7 Å². The lowest BCUT2D eigenvalue weighted by atomic mass is 10.0. The van der Waals surface area contributed by atoms with Gasteiger partial charge in [-0.3, -0.25) is 14.4 Å². The molecule has 8 heteroatoms. The van der Waals surface area contributed by atoms with Crippen molar-refractivity contribution in [2.24, 2.45) is 5.92 Å². The predicted molar refractivity (Wildman–Crippen MR) is 108 cm³/mol. The number of carbonyl (C=O) groups excluding carboxylic acids is 3. The molecule has 0 N–H and O–H groups in total. The highest BCUT2D eigenvalue weighted by Crippen LogP contribution is 2.43. The number of furan rings is 1. The van der Waals surface area contributed by atoms with Crippen LogP contribution in [0, 0.1) is 12.8 Å². The Bertz CT molecular complexity index is 1020. The second-order valence-corrected chi connectivity index (χ2v) is 9.29. The third-order valence-corrected chi connectivity index (χ3v) is 7.24. The average Bonchev–Trinajstić information content (AvgIpc) is 3.32. The fraction of sp³-hybridized carbons (Fsp3) is 0.476. The van der Waals surface area contributed by atoms with Crippen molar-refractivity contribution in [1.29, 1.82) is 0 Å². The number of amides is 3. The van der Waals surface area contributed by atoms with Crippen LogP contribution >= 0.6 is 11.3 Å². The minimum Gasteiger partial charge on any atom is -0.459 e. The highest BCUT2D eigenvalue weighted by atomic mass is 32.1. The van der Waals surface area contributed by atoms with E-state index in [4.69, 9.17) is 4.42 Å². The fourth-order valence-corrected chi connectivity index (χ4v) is 5.50. The van der Waals surface area contributed by atoms with E-state index < -0.39 is 0 Å². The number of hydrogen-bond acceptors (Lipinski definition) is 5. The molecule has 2 aromatic rings. The smallest absolute Gasteiger partial charge is 0.290 e. The van der Waals surface area contributed by atoms with Crippen molar-refractivity contribution in [3.8, 4) is 0 Å². The molecule has 0 radical (unpaired) electrons. The molecule has 7 nitrogen and oxygen atoms in total. The number of thiophene rings is 1. The maximum absolute atomic E-state index is 13.1. The standard InChI is InChI=1S/C21H23N3O4S/c1-12-6-8-28-18(12)20(27)23-7-5-14-15(10-23)29-21-17(14)19(26)22(2)11-16(25)24(21)9-13-3-4-13/h6,8,13H,3-5,7,9-11H2,1-2H3. The van der Waals surface area contributed by atoms with E-state index in [0.29, 0.717) is 43.3 Å². The predicted octanol–water partition coefficient (Wildman–Crippen LogP) is 2.68. The van der Waals surface area contributed by atoms with Crippen LogP contribution in [-0.4, -0.2) is 54.2 Å². The first kappa shape index (κ1) is 18.4. The van der Waals surface area contributed by atoms with E-state index in [0.717, 1.165) is 33.8 Å². The molecule has 0 bridgehead atoms. The van der Waals surface area contributed by atoms with Crippen LogP contribution in [0.4, 0.5) is 5.00 Å². The summed E-state index contributed by atoms with van der Waals surface area (Å²) in [7, 11) is 1.69. The van der Waals surface area contributed by atoms with Gasteiger partial charge in [0.2, 0.25) is 5.91 Å². The van der Waals surface area contributed by atoms with Gasteiger partial charge in [-0.1, -0.05) is 0 Å². The van der Waals surface area contributed by atoms with Gasteiger partial charge in [-0.05, 0) is 43.7 Å². The van der Waals surface area contributed by atoms with Crippen LogP contribution in [0.2, 0.25) is 0 Å². The highest BCUT2D eigenvalue weighted by molar-refractivity contribution is 7.17. The van der Waals surface area contributed by atoms with Crippen LogP contribution in [0.1, 0.15) is 49.8 Å². The molecule has 2 aliphatic heterocycles. The molecule has 5 rings (SSSR count). The number of likely N-dealkylation sites (N-methyl/N-ethyl adjacent to an activating group) is 1. The average molecular weight is 413 g/mol. The summed E-state index contributed by atoms with van der Waals surface area (Å²) >= 11 is 1.49. The Morgan fingerprint density at radius 1 is 1.28 bits per heavy atom. The minimum atomic E-state index is -0.129. The molecule has 0 unspecified atom stereocenters. The molecular weight excluding hydrogens is 390 g/mol. The monoisotopic (exact) mass is 413 g/mol. The van der Waals surface area contributed by atoms with Crippen LogP contribution in [0.5, 0.6) is 0 Å². The topological polar surface area (TPSA) is 74.1 Å². The zero-order chi connectivity index (χ0) is 20.3. The summed E-state index contributed by atoms with van der Waals surface area (Å²) in [6.07, 6.45) is 4.41. The second-order valence-electron chi connectivity index (χ2n) is 8.20. The van der Waals surface area contributed by atoms with Gasteiger partial charge in [0, 0.05) is 30.6 Å². The van der Waals surface area contributed by atoms with Gasteiger partial charge in [-0.2, -0.15) is 0 Å². The van der Waals surface area contributed by atoms with Crippen molar-refractivity contribution in [1.82, 2.24) is 9.80 Å². The summed E-state index contributed by atoms with van der Waals surface area (Å²) in [5.41, 5.74) is 2.48. The van der Waals surface area contributed by atoms with E-state index in [9.17, 15) is 14.4 Å². The van der Waals surface area contributed by atoms with Gasteiger partial charge in [0.15, 0.2) is 5.76 Å². The van der Waals surface area contributed by atoms with E-state index in [2.05, 4.69) is 0 Å². The van der Waals surface area contributed by atoms with Crippen molar-refractivity contribution in [3.63, 3.8) is 0 Å². The summed E-state index contributed by atoms with van der Waals surface area (Å²) < 4.78 is 5.38. The molecule has 3 aliphatic rings. The molecule has 1 saturated carbocycles. The lowest BCUT2D eigenvalue weighted by Crippen LogP contribution is -2.38. The molecule has 4 heterocycles. The van der Waals surface area contributed by atoms with Crippen molar-refractivity contribution in [2.75, 3.05) is 31.6 Å². The molecule has 0 atom stereocenters. The third-order valence-electron chi connectivity index (χ3n) is 6.00. The van der Waals surface area contributed by atoms with Crippen LogP contribution in [0.15, 0.2) is 16.7 Å². The van der Waals surface area contributed by atoms with Crippen LogP contribution in [0.25, 0.3) is 0 Å². The maximum Gasteiger partial charge on any atom is 0.290 e. The van der Waals surface area contributed by atoms with Crippen molar-refractivity contribution in [2.45, 2.75) is 32.7 Å². The van der Waals surface area contributed by atoms with Crippen LogP contribution < -0.4 is 4.90 Å². The Balaban J connectivity index is 1.51. The number of rotatable bonds is 3. The van der Waals surface area contributed by atoms with Gasteiger partial charge in [0.05, 0.1) is 18.4 Å². The lowest BCUT2D eigenvalue weighted by Gasteiger charge is -2.27. The molecule has 2 aromatic heterocycles. The number of hydrogen-bond donors (Lipinski definition) is 0. The molecule has 29 heavy (non-hydrogen) atoms. The number of nitrogens with zero attached hydrogens (tertiary/aromatic N) is 3. The summed E-state index contributed by atoms with van der Waals surface area (Å²) in [6.45, 7) is 3.62. The largest absolute Gasteiger partial charge is 0.459 e. The van der Waals surface area contributed by atoms with E-state index in [1.54, 1.807) is 18.0 Å². The Morgan fingerprint density at radius 2 is 2.07 bits per heavy atom. The van der Waals surface area contributed by atoms with Crippen molar-refractivity contribution >= 4 is 34.1 Å². The molecule has 0 aromatic carbocycles. The van der Waals surface area contributed by atoms with Crippen molar-refractivity contribution < 1.29 is 18.8 Å². The summed E-state index contributed by atoms with van der Waals surface area (Å²) in [4.78, 5) is 44.9. The molecule has 0 spiro atoms. The van der Waals surface area contributed by atoms with Gasteiger partial charge in [-0.15, -0.1) is 11.3 Å². The number of anilines is 1. The van der Waals surface area contributed by atoms with E-state index in [1.165, 1.54) is 22.5 Å². The van der Waals surface area contributed by atoms with E-state index in [-0.39, 0.29) is 24.3 Å². The molecule has 152 valence electrons. The minimum absolute atomic E-state index is 0.0239. The summed E-state index contributed by atoms with van der Waals surface area (Å²) in [6, 6.07) is 1.78. The normalized spacial score (nSPS) is 19.3. The first-order valence-electron chi connectivity index (χ1n) is 9.97. The Hall–Kier alpha value is -2.61. The summed E-state index contributed by atoms with van der Waals surface area (Å²) in [5, 5.41) is 0.768. The third kappa shape index (κ3) is 3.06. The molecular formula is C21H23N3O4S. The Kier molecular flexibility index (Phi) is 4.27. The quantitative estimate of drug-likeness (QED) is 0.776. The SMILES string of the molecule is Cc1ccoc1C(=O)N1CCc2c(sc3c2C(=O)N(C)CC(=O)N3CC2CC2)C1. The lowest BCUT2D eigenvalue weighted by molar-refractivity contribution is -0.119. The van der Waals surface area contributed by atoms with Gasteiger partial charge < -0.3 is 19.1 Å². The molecule has 3 amide bonds. The van der Waals surface area contributed by atoms with Crippen LogP contribution in [-0.2, 0) is 17.8 Å². The van der Waals surface area contributed by atoms with Gasteiger partial charge in [0.1, 0.15) is 11.5 Å². The molecule has 1 fully saturated rings. The number of carbonyl (C=O) groups is 3. The van der Waals surface area contributed by atoms with E-state index >= 15 is 0 Å². The first-order chi connectivity index (χ1) is 13.9. The fourth-order valence-electron chi connectivity index (χ4n) is 4.12. The Labute approximate surface area is 172 Å². The zero-order valence-corrected chi connectivity index (χ0v) is 17.4. The number of aryl methyl sites for hydroxylation is 1. The Morgan fingerprint density at radius 3 is 2.76 bits per heavy atom. The summed E-state index contributed by atoms with van der Waals surface area (Å²) in [5.74, 6) is 0.656.